The molecule has 3 aliphatic rings. The van der Waals surface area contributed by atoms with E-state index in [2.05, 4.69) is 10.6 Å². The Kier molecular flexibility index (Phi) is 6.49. The Morgan fingerprint density at radius 2 is 1.97 bits per heavy atom. The molecule has 5 amide bonds. The summed E-state index contributed by atoms with van der Waals surface area (Å²) in [6.45, 7) is 0.894. The second kappa shape index (κ2) is 9.76. The minimum atomic E-state index is -1.07. The molecule has 10 heteroatoms. The molecule has 2 N–H and O–H groups in total. The summed E-state index contributed by atoms with van der Waals surface area (Å²) in [4.78, 5) is 57.3. The zero-order valence-corrected chi connectivity index (χ0v) is 21.0. The molecule has 194 valence electrons. The zero-order chi connectivity index (χ0) is 26.2. The number of ether oxygens (including phenoxy) is 1. The maximum Gasteiger partial charge on any atom is 0.317 e. The molecular weight excluding hydrogens is 474 g/mol. The lowest BCUT2D eigenvalue weighted by atomic mass is 9.72. The molecule has 37 heavy (non-hydrogen) atoms. The molecule has 0 saturated carbocycles. The van der Waals surface area contributed by atoms with Gasteiger partial charge in [-0.05, 0) is 42.2 Å². The first-order valence-electron chi connectivity index (χ1n) is 12.5. The second-order valence-electron chi connectivity index (χ2n) is 9.80. The first kappa shape index (κ1) is 24.6. The van der Waals surface area contributed by atoms with Gasteiger partial charge in [0.05, 0.1) is 19.2 Å². The topological polar surface area (TPSA) is 111 Å². The number of carbonyl (C=O) groups is 4. The van der Waals surface area contributed by atoms with Crippen LogP contribution in [-0.4, -0.2) is 80.4 Å². The van der Waals surface area contributed by atoms with Gasteiger partial charge in [-0.1, -0.05) is 30.3 Å². The summed E-state index contributed by atoms with van der Waals surface area (Å²) >= 11 is 0. The highest BCUT2D eigenvalue weighted by Crippen LogP contribution is 2.56. The summed E-state index contributed by atoms with van der Waals surface area (Å²) in [7, 11) is 3.21. The lowest BCUT2D eigenvalue weighted by Gasteiger charge is -2.35. The van der Waals surface area contributed by atoms with E-state index in [1.54, 1.807) is 23.9 Å². The van der Waals surface area contributed by atoms with E-state index in [1.807, 2.05) is 48.5 Å². The van der Waals surface area contributed by atoms with Crippen LogP contribution in [0.25, 0.3) is 0 Å². The van der Waals surface area contributed by atoms with Crippen LogP contribution in [0.4, 0.5) is 10.5 Å². The predicted octanol–water partition coefficient (Wildman–Crippen LogP) is 1.41. The quantitative estimate of drug-likeness (QED) is 0.641. The van der Waals surface area contributed by atoms with E-state index in [9.17, 15) is 19.2 Å². The molecule has 2 aromatic rings. The Hall–Kier alpha value is -4.08. The number of para-hydroxylation sites is 1. The van der Waals surface area contributed by atoms with Crippen molar-refractivity contribution in [1.29, 1.82) is 0 Å². The van der Waals surface area contributed by atoms with Gasteiger partial charge in [0.25, 0.3) is 0 Å². The van der Waals surface area contributed by atoms with Crippen LogP contribution in [0, 0.1) is 0 Å². The third-order valence-electron chi connectivity index (χ3n) is 7.33. The van der Waals surface area contributed by atoms with Gasteiger partial charge >= 0.3 is 6.03 Å². The molecule has 1 fully saturated rings. The molecule has 5 rings (SSSR count). The van der Waals surface area contributed by atoms with Gasteiger partial charge in [-0.15, -0.1) is 0 Å². The van der Waals surface area contributed by atoms with Crippen LogP contribution in [0.3, 0.4) is 0 Å². The summed E-state index contributed by atoms with van der Waals surface area (Å²) in [5.41, 5.74) is 1.19. The van der Waals surface area contributed by atoms with Gasteiger partial charge in [-0.3, -0.25) is 14.4 Å². The predicted molar refractivity (Wildman–Crippen MR) is 136 cm³/mol. The van der Waals surface area contributed by atoms with Crippen molar-refractivity contribution in [2.75, 3.05) is 51.8 Å². The van der Waals surface area contributed by atoms with Crippen molar-refractivity contribution in [1.82, 2.24) is 20.4 Å². The van der Waals surface area contributed by atoms with Crippen molar-refractivity contribution in [2.24, 2.45) is 0 Å². The number of hydrogen-bond acceptors (Lipinski definition) is 5. The van der Waals surface area contributed by atoms with E-state index in [0.29, 0.717) is 44.0 Å². The largest absolute Gasteiger partial charge is 0.494 e. The number of anilines is 1. The van der Waals surface area contributed by atoms with Gasteiger partial charge in [0.2, 0.25) is 17.7 Å². The lowest BCUT2D eigenvalue weighted by Crippen LogP contribution is -2.49. The number of fused-ring (bicyclic) bond motifs is 6. The minimum Gasteiger partial charge on any atom is -0.494 e. The van der Waals surface area contributed by atoms with Crippen LogP contribution in [0.5, 0.6) is 5.75 Å². The molecule has 0 aliphatic carbocycles. The highest BCUT2D eigenvalue weighted by molar-refractivity contribution is 6.12. The molecule has 4 bridgehead atoms. The van der Waals surface area contributed by atoms with Gasteiger partial charge < -0.3 is 30.1 Å². The van der Waals surface area contributed by atoms with Crippen molar-refractivity contribution in [2.45, 2.75) is 24.3 Å². The van der Waals surface area contributed by atoms with E-state index in [-0.39, 0.29) is 36.8 Å². The third kappa shape index (κ3) is 4.26. The normalized spacial score (nSPS) is 22.8. The van der Waals surface area contributed by atoms with Crippen molar-refractivity contribution in [3.63, 3.8) is 0 Å². The van der Waals surface area contributed by atoms with Crippen LogP contribution in [0.2, 0.25) is 0 Å². The Bertz CT molecular complexity index is 1250. The fourth-order valence-electron chi connectivity index (χ4n) is 5.65. The van der Waals surface area contributed by atoms with Crippen molar-refractivity contribution in [3.05, 3.63) is 59.7 Å². The highest BCUT2D eigenvalue weighted by Gasteiger charge is 2.61. The number of nitrogens with one attached hydrogen (secondary N) is 2. The first-order valence-corrected chi connectivity index (χ1v) is 12.5. The molecule has 3 aliphatic heterocycles. The third-order valence-corrected chi connectivity index (χ3v) is 7.33. The van der Waals surface area contributed by atoms with E-state index in [4.69, 9.17) is 4.74 Å². The van der Waals surface area contributed by atoms with E-state index in [0.717, 1.165) is 11.1 Å². The van der Waals surface area contributed by atoms with Gasteiger partial charge in [0, 0.05) is 32.9 Å². The number of rotatable bonds is 2. The summed E-state index contributed by atoms with van der Waals surface area (Å²) in [6, 6.07) is 14.0. The number of benzene rings is 2. The molecule has 2 atom stereocenters. The lowest BCUT2D eigenvalue weighted by molar-refractivity contribution is -0.133. The Labute approximate surface area is 215 Å². The van der Waals surface area contributed by atoms with Gasteiger partial charge in [-0.2, -0.15) is 0 Å². The molecule has 2 aromatic carbocycles. The maximum atomic E-state index is 14.3. The Balaban J connectivity index is 1.62. The molecule has 0 radical (unpaired) electrons. The summed E-state index contributed by atoms with van der Waals surface area (Å²) in [5, 5.41) is 5.52. The van der Waals surface area contributed by atoms with Crippen LogP contribution >= 0.6 is 0 Å². The fourth-order valence-corrected chi connectivity index (χ4v) is 5.65. The second-order valence-corrected chi connectivity index (χ2v) is 9.80. The van der Waals surface area contributed by atoms with Gasteiger partial charge in [0.15, 0.2) is 0 Å². The zero-order valence-electron chi connectivity index (χ0n) is 21.0. The maximum absolute atomic E-state index is 14.3. The van der Waals surface area contributed by atoms with Gasteiger partial charge in [0.1, 0.15) is 17.7 Å². The number of carbonyl (C=O) groups excluding carboxylic acids is 4. The molecule has 3 heterocycles. The number of hydrogen-bond donors (Lipinski definition) is 2. The minimum absolute atomic E-state index is 0.0992. The Morgan fingerprint density at radius 1 is 1.16 bits per heavy atom. The van der Waals surface area contributed by atoms with E-state index >= 15 is 0 Å². The fraction of sp³-hybridized carbons (Fsp3) is 0.407. The summed E-state index contributed by atoms with van der Waals surface area (Å²) < 4.78 is 5.94. The van der Waals surface area contributed by atoms with E-state index < -0.39 is 11.5 Å². The van der Waals surface area contributed by atoms with Crippen molar-refractivity contribution >= 4 is 29.4 Å². The first-order chi connectivity index (χ1) is 17.8. The van der Waals surface area contributed by atoms with Crippen LogP contribution in [0.15, 0.2) is 48.5 Å². The number of nitrogens with zero attached hydrogens (tertiary/aromatic N) is 3. The number of urea groups is 1. The molecule has 1 spiro atoms. The average molecular weight is 506 g/mol. The number of amides is 5. The van der Waals surface area contributed by atoms with Crippen molar-refractivity contribution in [3.8, 4) is 5.75 Å². The highest BCUT2D eigenvalue weighted by atomic mass is 16.5. The van der Waals surface area contributed by atoms with Gasteiger partial charge in [-0.25, -0.2) is 4.79 Å². The molecule has 0 aromatic heterocycles. The van der Waals surface area contributed by atoms with Crippen LogP contribution in [-0.2, 0) is 19.8 Å². The van der Waals surface area contributed by atoms with Crippen LogP contribution < -0.4 is 20.3 Å². The average Bonchev–Trinajstić information content (AvgIpc) is 3.40. The molecule has 1 saturated heterocycles. The van der Waals surface area contributed by atoms with E-state index in [1.165, 1.54) is 4.90 Å². The summed E-state index contributed by atoms with van der Waals surface area (Å²) in [6.07, 6.45) is 1.01. The summed E-state index contributed by atoms with van der Waals surface area (Å²) in [5.74, 6) is -0.104. The van der Waals surface area contributed by atoms with Crippen molar-refractivity contribution < 1.29 is 23.9 Å². The SMILES string of the molecule is CN(C)C(=O)NCC(=O)N1CC[C@]23C(=O)N(CC(=O)NCCCOc4cccc(c4)[C@H]12)c1ccccc13. The standard InChI is InChI=1S/C27H31N5O5/c1-30(2)26(36)29-16-23(34)31-13-11-27-20-9-3-4-10-21(20)32(25(27)35)17-22(33)28-12-6-14-37-19-8-5-7-18(15-19)24(27)31/h3-5,7-10,15,24H,6,11-14,16-17H2,1-2H3,(H,28,33)(H,29,36)/t24-,27+/m0/s1. The molecule has 10 nitrogen and oxygen atoms in total. The molecule has 0 unspecified atom stereocenters. The molecular formula is C27H31N5O5. The number of likely N-dealkylation sites (tertiary alicyclic amines) is 1. The smallest absolute Gasteiger partial charge is 0.317 e. The Morgan fingerprint density at radius 3 is 2.78 bits per heavy atom. The van der Waals surface area contributed by atoms with Crippen LogP contribution in [0.1, 0.15) is 30.0 Å². The monoisotopic (exact) mass is 505 g/mol.